The summed E-state index contributed by atoms with van der Waals surface area (Å²) in [7, 11) is 0. The smallest absolute Gasteiger partial charge is 0.317 e. The first kappa shape index (κ1) is 17.1. The molecule has 0 aromatic heterocycles. The summed E-state index contributed by atoms with van der Waals surface area (Å²) in [5, 5.41) is 5.75. The minimum absolute atomic E-state index is 0.0700. The average molecular weight is 311 g/mol. The molecule has 1 saturated heterocycles. The van der Waals surface area contributed by atoms with Crippen molar-refractivity contribution in [2.45, 2.75) is 58.2 Å². The van der Waals surface area contributed by atoms with Gasteiger partial charge in [-0.3, -0.25) is 4.79 Å². The molecular weight excluding hydrogens is 282 g/mol. The minimum atomic E-state index is -0.0768. The van der Waals surface area contributed by atoms with Crippen molar-refractivity contribution in [1.82, 2.24) is 15.5 Å². The Labute approximate surface area is 132 Å². The number of carbonyl (C=O) groups is 2. The second-order valence-corrected chi connectivity index (χ2v) is 6.60. The Balaban J connectivity index is 1.57. The molecule has 2 rings (SSSR count). The van der Waals surface area contributed by atoms with Gasteiger partial charge in [0.2, 0.25) is 5.91 Å². The van der Waals surface area contributed by atoms with Gasteiger partial charge in [-0.05, 0) is 32.6 Å². The third-order valence-electron chi connectivity index (χ3n) is 4.38. The quantitative estimate of drug-likeness (QED) is 0.756. The van der Waals surface area contributed by atoms with E-state index in [2.05, 4.69) is 10.6 Å². The van der Waals surface area contributed by atoms with Crippen LogP contribution < -0.4 is 10.6 Å². The highest BCUT2D eigenvalue weighted by Crippen LogP contribution is 2.27. The number of urea groups is 1. The fourth-order valence-electron chi connectivity index (χ4n) is 3.38. The van der Waals surface area contributed by atoms with E-state index in [0.717, 1.165) is 0 Å². The highest BCUT2D eigenvalue weighted by atomic mass is 16.5. The van der Waals surface area contributed by atoms with Gasteiger partial charge in [0, 0.05) is 32.6 Å². The van der Waals surface area contributed by atoms with Crippen LogP contribution in [0, 0.1) is 5.92 Å². The monoisotopic (exact) mass is 311 g/mol. The maximum absolute atomic E-state index is 12.1. The van der Waals surface area contributed by atoms with Crippen LogP contribution in [0.3, 0.4) is 0 Å². The number of ether oxygens (including phenoxy) is 1. The minimum Gasteiger partial charge on any atom is -0.372 e. The molecule has 2 N–H and O–H groups in total. The number of nitrogens with one attached hydrogen (secondary N) is 2. The van der Waals surface area contributed by atoms with Crippen molar-refractivity contribution < 1.29 is 14.3 Å². The van der Waals surface area contributed by atoms with E-state index < -0.39 is 0 Å². The molecule has 0 spiro atoms. The van der Waals surface area contributed by atoms with Crippen molar-refractivity contribution in [3.05, 3.63) is 0 Å². The first-order chi connectivity index (χ1) is 10.5. The Morgan fingerprint density at radius 1 is 1.05 bits per heavy atom. The molecule has 126 valence electrons. The van der Waals surface area contributed by atoms with Crippen LogP contribution in [0.15, 0.2) is 0 Å². The molecule has 3 amide bonds. The van der Waals surface area contributed by atoms with Gasteiger partial charge in [0.25, 0.3) is 0 Å². The first-order valence-corrected chi connectivity index (χ1v) is 8.49. The van der Waals surface area contributed by atoms with Crippen LogP contribution in [0.1, 0.15) is 46.0 Å². The summed E-state index contributed by atoms with van der Waals surface area (Å²) in [6.45, 7) is 6.13. The van der Waals surface area contributed by atoms with E-state index in [1.54, 1.807) is 4.90 Å². The Bertz CT molecular complexity index is 373. The topological polar surface area (TPSA) is 70.7 Å². The highest BCUT2D eigenvalue weighted by molar-refractivity contribution is 5.76. The number of hydrogen-bond acceptors (Lipinski definition) is 3. The van der Waals surface area contributed by atoms with Crippen molar-refractivity contribution >= 4 is 11.9 Å². The van der Waals surface area contributed by atoms with Crippen molar-refractivity contribution in [3.8, 4) is 0 Å². The number of carbonyl (C=O) groups excluding carboxylic acids is 2. The first-order valence-electron chi connectivity index (χ1n) is 8.49. The SMILES string of the molecule is CC1CN(C(=O)NCCNC(=O)CC2CCCC2)CC(C)O1. The predicted octanol–water partition coefficient (Wildman–Crippen LogP) is 1.50. The fraction of sp³-hybridized carbons (Fsp3) is 0.875. The van der Waals surface area contributed by atoms with Gasteiger partial charge in [-0.25, -0.2) is 4.79 Å². The number of hydrogen-bond donors (Lipinski definition) is 2. The standard InChI is InChI=1S/C16H29N3O3/c1-12-10-19(11-13(2)22-12)16(21)18-8-7-17-15(20)9-14-5-3-4-6-14/h12-14H,3-11H2,1-2H3,(H,17,20)(H,18,21). The van der Waals surface area contributed by atoms with E-state index in [4.69, 9.17) is 4.74 Å². The zero-order valence-electron chi connectivity index (χ0n) is 13.8. The van der Waals surface area contributed by atoms with E-state index >= 15 is 0 Å². The van der Waals surface area contributed by atoms with Crippen LogP contribution in [0.4, 0.5) is 4.79 Å². The van der Waals surface area contributed by atoms with Crippen molar-refractivity contribution in [2.75, 3.05) is 26.2 Å². The van der Waals surface area contributed by atoms with E-state index in [-0.39, 0.29) is 24.1 Å². The van der Waals surface area contributed by atoms with Gasteiger partial charge in [-0.1, -0.05) is 12.8 Å². The van der Waals surface area contributed by atoms with Crippen LogP contribution in [-0.2, 0) is 9.53 Å². The van der Waals surface area contributed by atoms with E-state index in [0.29, 0.717) is 38.5 Å². The van der Waals surface area contributed by atoms with Crippen LogP contribution in [0.5, 0.6) is 0 Å². The number of amides is 3. The highest BCUT2D eigenvalue weighted by Gasteiger charge is 2.25. The lowest BCUT2D eigenvalue weighted by molar-refractivity contribution is -0.121. The van der Waals surface area contributed by atoms with Gasteiger partial charge < -0.3 is 20.3 Å². The second-order valence-electron chi connectivity index (χ2n) is 6.60. The lowest BCUT2D eigenvalue weighted by Gasteiger charge is -2.35. The van der Waals surface area contributed by atoms with Crippen molar-refractivity contribution in [1.29, 1.82) is 0 Å². The number of rotatable bonds is 5. The van der Waals surface area contributed by atoms with Gasteiger partial charge in [0.1, 0.15) is 0 Å². The molecule has 0 aromatic rings. The van der Waals surface area contributed by atoms with E-state index in [1.807, 2.05) is 13.8 Å². The summed E-state index contributed by atoms with van der Waals surface area (Å²) in [4.78, 5) is 25.6. The summed E-state index contributed by atoms with van der Waals surface area (Å²) in [5.41, 5.74) is 0. The summed E-state index contributed by atoms with van der Waals surface area (Å²) in [6.07, 6.45) is 5.64. The molecule has 2 atom stereocenters. The van der Waals surface area contributed by atoms with Gasteiger partial charge >= 0.3 is 6.03 Å². The van der Waals surface area contributed by atoms with Crippen LogP contribution in [-0.4, -0.2) is 55.2 Å². The van der Waals surface area contributed by atoms with Crippen LogP contribution >= 0.6 is 0 Å². The van der Waals surface area contributed by atoms with Crippen LogP contribution in [0.2, 0.25) is 0 Å². The Hall–Kier alpha value is -1.30. The van der Waals surface area contributed by atoms with Crippen LogP contribution in [0.25, 0.3) is 0 Å². The van der Waals surface area contributed by atoms with Gasteiger partial charge in [-0.15, -0.1) is 0 Å². The summed E-state index contributed by atoms with van der Waals surface area (Å²) in [6, 6.07) is -0.0768. The predicted molar refractivity (Wildman–Crippen MR) is 84.6 cm³/mol. The molecule has 0 bridgehead atoms. The Morgan fingerprint density at radius 3 is 2.27 bits per heavy atom. The molecule has 1 aliphatic heterocycles. The number of nitrogens with zero attached hydrogens (tertiary/aromatic N) is 1. The third kappa shape index (κ3) is 5.48. The zero-order valence-corrected chi connectivity index (χ0v) is 13.8. The molecule has 6 nitrogen and oxygen atoms in total. The molecule has 1 aliphatic carbocycles. The Kier molecular flexibility index (Phi) is 6.49. The lowest BCUT2D eigenvalue weighted by Crippen LogP contribution is -2.52. The molecule has 22 heavy (non-hydrogen) atoms. The molecule has 1 saturated carbocycles. The zero-order chi connectivity index (χ0) is 15.9. The largest absolute Gasteiger partial charge is 0.372 e. The number of morpholine rings is 1. The van der Waals surface area contributed by atoms with E-state index in [1.165, 1.54) is 25.7 Å². The van der Waals surface area contributed by atoms with Gasteiger partial charge in [-0.2, -0.15) is 0 Å². The van der Waals surface area contributed by atoms with Crippen molar-refractivity contribution in [3.63, 3.8) is 0 Å². The maximum atomic E-state index is 12.1. The molecule has 2 aliphatic rings. The molecule has 0 aromatic carbocycles. The Morgan fingerprint density at radius 2 is 1.64 bits per heavy atom. The molecular formula is C16H29N3O3. The molecule has 2 unspecified atom stereocenters. The molecule has 2 fully saturated rings. The molecule has 6 heteroatoms. The summed E-state index contributed by atoms with van der Waals surface area (Å²) in [5.74, 6) is 0.667. The average Bonchev–Trinajstić information content (AvgIpc) is 2.95. The molecule has 1 heterocycles. The fourth-order valence-corrected chi connectivity index (χ4v) is 3.38. The van der Waals surface area contributed by atoms with Gasteiger partial charge in [0.15, 0.2) is 0 Å². The van der Waals surface area contributed by atoms with Gasteiger partial charge in [0.05, 0.1) is 12.2 Å². The lowest BCUT2D eigenvalue weighted by atomic mass is 10.0. The summed E-state index contributed by atoms with van der Waals surface area (Å²) >= 11 is 0. The second kappa shape index (κ2) is 8.36. The summed E-state index contributed by atoms with van der Waals surface area (Å²) < 4.78 is 5.61. The molecule has 0 radical (unpaired) electrons. The maximum Gasteiger partial charge on any atom is 0.317 e. The van der Waals surface area contributed by atoms with E-state index in [9.17, 15) is 9.59 Å². The van der Waals surface area contributed by atoms with Crippen molar-refractivity contribution in [2.24, 2.45) is 5.92 Å². The normalized spacial score (nSPS) is 26.0. The third-order valence-corrected chi connectivity index (χ3v) is 4.38.